The molecule has 7 nitrogen and oxygen atoms in total. The van der Waals surface area contributed by atoms with Crippen molar-refractivity contribution < 1.29 is 23.9 Å². The summed E-state index contributed by atoms with van der Waals surface area (Å²) < 4.78 is 11.2. The van der Waals surface area contributed by atoms with E-state index in [1.807, 2.05) is 24.3 Å². The Bertz CT molecular complexity index is 1170. The molecule has 174 valence electrons. The lowest BCUT2D eigenvalue weighted by Crippen LogP contribution is -2.46. The minimum atomic E-state index is -0.870. The summed E-state index contributed by atoms with van der Waals surface area (Å²) in [6.07, 6.45) is 5.38. The number of ether oxygens (including phenoxy) is 2. The maximum atomic E-state index is 13.2. The van der Waals surface area contributed by atoms with E-state index in [0.29, 0.717) is 34.8 Å². The van der Waals surface area contributed by atoms with Gasteiger partial charge in [0.25, 0.3) is 0 Å². The van der Waals surface area contributed by atoms with Gasteiger partial charge < -0.3 is 14.8 Å². The molecular formula is C27H26N2O5. The Morgan fingerprint density at radius 1 is 0.941 bits per heavy atom. The molecule has 2 saturated carbocycles. The zero-order valence-electron chi connectivity index (χ0n) is 19.0. The molecule has 0 unspecified atom stereocenters. The number of methoxy groups -OCH3 is 1. The molecule has 34 heavy (non-hydrogen) atoms. The van der Waals surface area contributed by atoms with E-state index < -0.39 is 6.04 Å². The number of amides is 3. The number of anilines is 1. The average molecular weight is 459 g/mol. The van der Waals surface area contributed by atoms with Gasteiger partial charge in [-0.25, -0.2) is 0 Å². The first-order valence-electron chi connectivity index (χ1n) is 11.7. The second kappa shape index (κ2) is 7.72. The van der Waals surface area contributed by atoms with Gasteiger partial charge in [-0.1, -0.05) is 24.3 Å². The third-order valence-corrected chi connectivity index (χ3v) is 7.88. The Kier molecular flexibility index (Phi) is 4.76. The molecule has 2 aromatic carbocycles. The largest absolute Gasteiger partial charge is 0.493 e. The van der Waals surface area contributed by atoms with Crippen LogP contribution < -0.4 is 14.8 Å². The highest BCUT2D eigenvalue weighted by atomic mass is 16.5. The van der Waals surface area contributed by atoms with Crippen molar-refractivity contribution in [2.75, 3.05) is 12.4 Å². The number of nitrogens with zero attached hydrogens (tertiary/aromatic N) is 1. The summed E-state index contributed by atoms with van der Waals surface area (Å²) in [5, 5.41) is 2.83. The van der Waals surface area contributed by atoms with Crippen molar-refractivity contribution in [3.63, 3.8) is 0 Å². The minimum Gasteiger partial charge on any atom is -0.493 e. The number of imide groups is 1. The van der Waals surface area contributed by atoms with Crippen LogP contribution in [0.2, 0.25) is 0 Å². The van der Waals surface area contributed by atoms with E-state index in [2.05, 4.69) is 17.5 Å². The molecule has 0 spiro atoms. The molecule has 3 amide bonds. The number of carbonyl (C=O) groups excluding carboxylic acids is 3. The highest BCUT2D eigenvalue weighted by Crippen LogP contribution is 2.65. The van der Waals surface area contributed by atoms with Crippen LogP contribution in [0.5, 0.6) is 17.2 Å². The van der Waals surface area contributed by atoms with Gasteiger partial charge in [-0.3, -0.25) is 19.3 Å². The van der Waals surface area contributed by atoms with Crippen LogP contribution in [0.1, 0.15) is 13.3 Å². The van der Waals surface area contributed by atoms with Crippen LogP contribution in [0.15, 0.2) is 60.7 Å². The van der Waals surface area contributed by atoms with E-state index in [-0.39, 0.29) is 41.4 Å². The Hall–Kier alpha value is -3.61. The van der Waals surface area contributed by atoms with Crippen LogP contribution >= 0.6 is 0 Å². The first-order chi connectivity index (χ1) is 16.5. The van der Waals surface area contributed by atoms with Crippen LogP contribution in [0.4, 0.5) is 5.69 Å². The number of nitrogens with one attached hydrogen (secondary N) is 1. The molecule has 4 aliphatic carbocycles. The van der Waals surface area contributed by atoms with Gasteiger partial charge in [-0.15, -0.1) is 0 Å². The van der Waals surface area contributed by atoms with Crippen molar-refractivity contribution in [1.29, 1.82) is 0 Å². The van der Waals surface area contributed by atoms with Crippen LogP contribution in [0, 0.1) is 35.5 Å². The number of benzene rings is 2. The SMILES string of the molecule is COc1ccccc1Oc1ccc(NC(=O)[C@H](C)N2C(=O)[C@@H]3[C@H]4C=C[C@@H]([C@@H]5C[C@H]45)[C@@H]3C2=O)cc1. The number of para-hydroxylation sites is 2. The molecule has 1 N–H and O–H groups in total. The van der Waals surface area contributed by atoms with Gasteiger partial charge in [0.1, 0.15) is 11.8 Å². The minimum absolute atomic E-state index is 0.146. The molecule has 1 heterocycles. The molecule has 7 rings (SSSR count). The summed E-state index contributed by atoms with van der Waals surface area (Å²) >= 11 is 0. The summed E-state index contributed by atoms with van der Waals surface area (Å²) in [4.78, 5) is 40.7. The monoisotopic (exact) mass is 458 g/mol. The lowest BCUT2D eigenvalue weighted by atomic mass is 9.63. The topological polar surface area (TPSA) is 84.9 Å². The third-order valence-electron chi connectivity index (χ3n) is 7.88. The normalized spacial score (nSPS) is 31.1. The lowest BCUT2D eigenvalue weighted by molar-refractivity contribution is -0.146. The Balaban J connectivity index is 1.13. The maximum Gasteiger partial charge on any atom is 0.247 e. The maximum absolute atomic E-state index is 13.2. The molecule has 0 radical (unpaired) electrons. The van der Waals surface area contributed by atoms with Gasteiger partial charge in [0, 0.05) is 5.69 Å². The summed E-state index contributed by atoms with van der Waals surface area (Å²) in [5.74, 6) is 1.79. The second-order valence-corrected chi connectivity index (χ2v) is 9.64. The average Bonchev–Trinajstić information content (AvgIpc) is 3.63. The van der Waals surface area contributed by atoms with E-state index in [9.17, 15) is 14.4 Å². The predicted molar refractivity (Wildman–Crippen MR) is 124 cm³/mol. The number of rotatable bonds is 6. The Morgan fingerprint density at radius 2 is 1.53 bits per heavy atom. The summed E-state index contributed by atoms with van der Waals surface area (Å²) in [6, 6.07) is 13.4. The van der Waals surface area contributed by atoms with Crippen LogP contribution in [-0.2, 0) is 14.4 Å². The lowest BCUT2D eigenvalue weighted by Gasteiger charge is -2.37. The van der Waals surface area contributed by atoms with E-state index >= 15 is 0 Å². The van der Waals surface area contributed by atoms with Crippen LogP contribution in [0.3, 0.4) is 0 Å². The molecule has 5 aliphatic rings. The zero-order valence-corrected chi connectivity index (χ0v) is 19.0. The quantitative estimate of drug-likeness (QED) is 0.525. The Morgan fingerprint density at radius 3 is 2.12 bits per heavy atom. The molecule has 3 fully saturated rings. The van der Waals surface area contributed by atoms with E-state index in [1.165, 1.54) is 4.90 Å². The summed E-state index contributed by atoms with van der Waals surface area (Å²) in [5.41, 5.74) is 0.559. The molecule has 1 saturated heterocycles. The van der Waals surface area contributed by atoms with E-state index in [1.54, 1.807) is 38.3 Å². The number of hydrogen-bond acceptors (Lipinski definition) is 5. The van der Waals surface area contributed by atoms with Gasteiger partial charge >= 0.3 is 0 Å². The first kappa shape index (κ1) is 21.0. The highest BCUT2D eigenvalue weighted by molar-refractivity contribution is 6.10. The van der Waals surface area contributed by atoms with Gasteiger partial charge in [0.05, 0.1) is 18.9 Å². The predicted octanol–water partition coefficient (Wildman–Crippen LogP) is 3.87. The fraction of sp³-hybridized carbons (Fsp3) is 0.370. The van der Waals surface area contributed by atoms with Crippen LogP contribution in [0.25, 0.3) is 0 Å². The standard InChI is InChI=1S/C27H26N2O5/c1-14(29-26(31)23-17-11-12-18(20-13-19(17)20)24(23)27(29)32)25(30)28-15-7-9-16(10-8-15)34-22-6-4-3-5-21(22)33-2/h3-12,14,17-20,23-24H,13H2,1-2H3,(H,28,30)/t14-,17-,18-,19-,20+,23-,24+/m0/s1. The van der Waals surface area contributed by atoms with Gasteiger partial charge in [-0.2, -0.15) is 0 Å². The van der Waals surface area contributed by atoms with Crippen molar-refractivity contribution in [3.05, 3.63) is 60.7 Å². The molecule has 7 heteroatoms. The fourth-order valence-electron chi connectivity index (χ4n) is 6.16. The second-order valence-electron chi connectivity index (χ2n) is 9.64. The Labute approximate surface area is 197 Å². The molecular weight excluding hydrogens is 432 g/mol. The molecule has 0 aromatic heterocycles. The van der Waals surface area contributed by atoms with Crippen molar-refractivity contribution in [2.45, 2.75) is 19.4 Å². The smallest absolute Gasteiger partial charge is 0.247 e. The van der Waals surface area contributed by atoms with E-state index in [0.717, 1.165) is 6.42 Å². The van der Waals surface area contributed by atoms with Gasteiger partial charge in [0.15, 0.2) is 11.5 Å². The van der Waals surface area contributed by atoms with E-state index in [4.69, 9.17) is 9.47 Å². The van der Waals surface area contributed by atoms with Crippen molar-refractivity contribution >= 4 is 23.4 Å². The number of likely N-dealkylation sites (tertiary alicyclic amines) is 1. The molecule has 7 atom stereocenters. The zero-order chi connectivity index (χ0) is 23.6. The summed E-state index contributed by atoms with van der Waals surface area (Å²) in [6.45, 7) is 1.62. The van der Waals surface area contributed by atoms with Crippen molar-refractivity contribution in [2.24, 2.45) is 35.5 Å². The highest BCUT2D eigenvalue weighted by Gasteiger charge is 2.67. The van der Waals surface area contributed by atoms with Crippen molar-refractivity contribution in [3.8, 4) is 17.2 Å². The molecule has 2 bridgehead atoms. The summed E-state index contributed by atoms with van der Waals surface area (Å²) in [7, 11) is 1.58. The third kappa shape index (κ3) is 3.14. The fourth-order valence-corrected chi connectivity index (χ4v) is 6.16. The molecule has 2 aromatic rings. The number of allylic oxidation sites excluding steroid dienone is 2. The van der Waals surface area contributed by atoms with Crippen LogP contribution in [-0.4, -0.2) is 35.8 Å². The van der Waals surface area contributed by atoms with Gasteiger partial charge in [-0.05, 0) is 73.4 Å². The van der Waals surface area contributed by atoms with Crippen molar-refractivity contribution in [1.82, 2.24) is 4.90 Å². The number of hydrogen-bond donors (Lipinski definition) is 1. The van der Waals surface area contributed by atoms with Gasteiger partial charge in [0.2, 0.25) is 17.7 Å². The first-order valence-corrected chi connectivity index (χ1v) is 11.7. The number of carbonyl (C=O) groups is 3. The molecule has 1 aliphatic heterocycles.